The van der Waals surface area contributed by atoms with Crippen molar-refractivity contribution in [2.45, 2.75) is 19.1 Å². The van der Waals surface area contributed by atoms with E-state index in [0.717, 1.165) is 18.2 Å². The third kappa shape index (κ3) is 2.27. The summed E-state index contributed by atoms with van der Waals surface area (Å²) in [5, 5.41) is 4.16. The molecule has 0 radical (unpaired) electrons. The average molecular weight is 212 g/mol. The number of hydrogen-bond acceptors (Lipinski definition) is 2. The molecule has 1 N–H and O–H groups in total. The van der Waals surface area contributed by atoms with Gasteiger partial charge in [-0.2, -0.15) is 0 Å². The van der Waals surface area contributed by atoms with Gasteiger partial charge in [0.1, 0.15) is 0 Å². The van der Waals surface area contributed by atoms with Crippen molar-refractivity contribution < 1.29 is 4.74 Å². The molecule has 1 aromatic carbocycles. The molecule has 14 heavy (non-hydrogen) atoms. The number of benzene rings is 1. The van der Waals surface area contributed by atoms with Crippen LogP contribution < -0.4 is 5.32 Å². The van der Waals surface area contributed by atoms with Crippen LogP contribution in [-0.4, -0.2) is 19.2 Å². The highest BCUT2D eigenvalue weighted by atomic mass is 35.5. The van der Waals surface area contributed by atoms with Gasteiger partial charge in [-0.3, -0.25) is 0 Å². The van der Waals surface area contributed by atoms with Gasteiger partial charge in [-0.15, -0.1) is 0 Å². The van der Waals surface area contributed by atoms with Gasteiger partial charge in [-0.25, -0.2) is 0 Å². The van der Waals surface area contributed by atoms with Crippen molar-refractivity contribution in [2.75, 3.05) is 13.2 Å². The molecule has 1 unspecified atom stereocenters. The molecule has 0 saturated carbocycles. The highest BCUT2D eigenvalue weighted by Crippen LogP contribution is 2.21. The van der Waals surface area contributed by atoms with Crippen LogP contribution in [0.15, 0.2) is 24.3 Å². The molecule has 2 nitrogen and oxygen atoms in total. The molecule has 0 aromatic heterocycles. The quantitative estimate of drug-likeness (QED) is 0.770. The summed E-state index contributed by atoms with van der Waals surface area (Å²) in [5.41, 5.74) is 1.19. The maximum atomic E-state index is 5.82. The molecule has 1 aliphatic rings. The number of rotatable bonds is 1. The molecule has 1 heterocycles. The molecular weight excluding hydrogens is 198 g/mol. The van der Waals surface area contributed by atoms with Gasteiger partial charge < -0.3 is 10.1 Å². The molecule has 1 aromatic rings. The SMILES string of the molecule is CC1CO[C@H](c2ccc(Cl)cc2)CN1. The maximum absolute atomic E-state index is 5.82. The minimum absolute atomic E-state index is 0.170. The molecule has 0 spiro atoms. The molecule has 2 atom stereocenters. The van der Waals surface area contributed by atoms with Gasteiger partial charge in [0.2, 0.25) is 0 Å². The van der Waals surface area contributed by atoms with Crippen LogP contribution in [-0.2, 0) is 4.74 Å². The van der Waals surface area contributed by atoms with Crippen LogP contribution in [0.2, 0.25) is 5.02 Å². The Morgan fingerprint density at radius 2 is 2.07 bits per heavy atom. The van der Waals surface area contributed by atoms with Crippen molar-refractivity contribution in [3.05, 3.63) is 34.9 Å². The predicted molar refractivity (Wildman–Crippen MR) is 57.6 cm³/mol. The maximum Gasteiger partial charge on any atom is 0.0950 e. The van der Waals surface area contributed by atoms with Crippen molar-refractivity contribution in [3.63, 3.8) is 0 Å². The first-order valence-corrected chi connectivity index (χ1v) is 5.24. The fraction of sp³-hybridized carbons (Fsp3) is 0.455. The monoisotopic (exact) mass is 211 g/mol. The predicted octanol–water partition coefficient (Wildman–Crippen LogP) is 2.39. The van der Waals surface area contributed by atoms with E-state index in [0.29, 0.717) is 6.04 Å². The van der Waals surface area contributed by atoms with Crippen LogP contribution in [0.5, 0.6) is 0 Å². The fourth-order valence-corrected chi connectivity index (χ4v) is 1.70. The van der Waals surface area contributed by atoms with Gasteiger partial charge in [-0.05, 0) is 24.6 Å². The van der Waals surface area contributed by atoms with E-state index in [4.69, 9.17) is 16.3 Å². The number of morpholine rings is 1. The number of nitrogens with one attached hydrogen (secondary N) is 1. The van der Waals surface area contributed by atoms with E-state index in [9.17, 15) is 0 Å². The van der Waals surface area contributed by atoms with Crippen LogP contribution in [0.25, 0.3) is 0 Å². The van der Waals surface area contributed by atoms with Crippen LogP contribution in [0, 0.1) is 0 Å². The Hall–Kier alpha value is -0.570. The normalized spacial score (nSPS) is 27.6. The van der Waals surface area contributed by atoms with Crippen LogP contribution in [0.4, 0.5) is 0 Å². The average Bonchev–Trinajstić information content (AvgIpc) is 2.21. The van der Waals surface area contributed by atoms with Crippen molar-refractivity contribution in [2.24, 2.45) is 0 Å². The van der Waals surface area contributed by atoms with Gasteiger partial charge in [0.05, 0.1) is 12.7 Å². The van der Waals surface area contributed by atoms with Gasteiger partial charge in [0.25, 0.3) is 0 Å². The van der Waals surface area contributed by atoms with Crippen molar-refractivity contribution >= 4 is 11.6 Å². The molecular formula is C11H14ClNO. The second kappa shape index (κ2) is 4.30. The van der Waals surface area contributed by atoms with Crippen molar-refractivity contribution in [1.82, 2.24) is 5.32 Å². The Morgan fingerprint density at radius 3 is 2.64 bits per heavy atom. The summed E-state index contributed by atoms with van der Waals surface area (Å²) in [6.07, 6.45) is 0.170. The fourth-order valence-electron chi connectivity index (χ4n) is 1.58. The second-order valence-corrected chi connectivity index (χ2v) is 4.12. The lowest BCUT2D eigenvalue weighted by atomic mass is 10.1. The van der Waals surface area contributed by atoms with Crippen molar-refractivity contribution in [3.8, 4) is 0 Å². The zero-order valence-corrected chi connectivity index (χ0v) is 8.92. The zero-order valence-electron chi connectivity index (χ0n) is 8.16. The molecule has 3 heteroatoms. The summed E-state index contributed by atoms with van der Waals surface area (Å²) in [6.45, 7) is 3.77. The molecule has 1 fully saturated rings. The lowest BCUT2D eigenvalue weighted by Gasteiger charge is -2.28. The number of ether oxygens (including phenoxy) is 1. The summed E-state index contributed by atoms with van der Waals surface area (Å²) in [5.74, 6) is 0. The molecule has 2 rings (SSSR count). The van der Waals surface area contributed by atoms with E-state index in [1.54, 1.807) is 0 Å². The second-order valence-electron chi connectivity index (χ2n) is 3.68. The Bertz CT molecular complexity index is 291. The summed E-state index contributed by atoms with van der Waals surface area (Å²) >= 11 is 5.82. The van der Waals surface area contributed by atoms with Gasteiger partial charge in [0.15, 0.2) is 0 Å². The Kier molecular flexibility index (Phi) is 3.06. The number of hydrogen-bond donors (Lipinski definition) is 1. The van der Waals surface area contributed by atoms with Crippen LogP contribution >= 0.6 is 11.6 Å². The zero-order chi connectivity index (χ0) is 9.97. The number of halogens is 1. The van der Waals surface area contributed by atoms with Gasteiger partial charge in [-0.1, -0.05) is 23.7 Å². The largest absolute Gasteiger partial charge is 0.371 e. The summed E-state index contributed by atoms with van der Waals surface area (Å²) in [6, 6.07) is 8.30. The minimum atomic E-state index is 0.170. The highest BCUT2D eigenvalue weighted by Gasteiger charge is 2.18. The molecule has 0 bridgehead atoms. The molecule has 0 aliphatic carbocycles. The van der Waals surface area contributed by atoms with E-state index in [2.05, 4.69) is 12.2 Å². The third-order valence-corrected chi connectivity index (χ3v) is 2.69. The Labute approximate surface area is 89.2 Å². The van der Waals surface area contributed by atoms with Crippen LogP contribution in [0.1, 0.15) is 18.6 Å². The summed E-state index contributed by atoms with van der Waals surface area (Å²) in [4.78, 5) is 0. The Balaban J connectivity index is 2.05. The van der Waals surface area contributed by atoms with Gasteiger partial charge >= 0.3 is 0 Å². The molecule has 0 amide bonds. The standard InChI is InChI=1S/C11H14ClNO/c1-8-7-14-11(6-13-8)9-2-4-10(12)5-3-9/h2-5,8,11,13H,6-7H2,1H3/t8?,11-/m0/s1. The van der Waals surface area contributed by atoms with E-state index >= 15 is 0 Å². The first-order chi connectivity index (χ1) is 6.75. The van der Waals surface area contributed by atoms with Crippen molar-refractivity contribution in [1.29, 1.82) is 0 Å². The first kappa shape index (κ1) is 9.97. The molecule has 76 valence electrons. The van der Waals surface area contributed by atoms with Gasteiger partial charge in [0, 0.05) is 17.6 Å². The third-order valence-electron chi connectivity index (χ3n) is 2.44. The van der Waals surface area contributed by atoms with E-state index < -0.39 is 0 Å². The topological polar surface area (TPSA) is 21.3 Å². The van der Waals surface area contributed by atoms with Crippen LogP contribution in [0.3, 0.4) is 0 Å². The lowest BCUT2D eigenvalue weighted by Crippen LogP contribution is -2.40. The highest BCUT2D eigenvalue weighted by molar-refractivity contribution is 6.30. The van der Waals surface area contributed by atoms with E-state index in [1.807, 2.05) is 24.3 Å². The smallest absolute Gasteiger partial charge is 0.0950 e. The van der Waals surface area contributed by atoms with E-state index in [-0.39, 0.29) is 6.10 Å². The molecule has 1 aliphatic heterocycles. The minimum Gasteiger partial charge on any atom is -0.371 e. The molecule has 1 saturated heterocycles. The van der Waals surface area contributed by atoms with E-state index in [1.165, 1.54) is 5.56 Å². The Morgan fingerprint density at radius 1 is 1.36 bits per heavy atom. The summed E-state index contributed by atoms with van der Waals surface area (Å²) in [7, 11) is 0. The first-order valence-electron chi connectivity index (χ1n) is 4.86. The summed E-state index contributed by atoms with van der Waals surface area (Å²) < 4.78 is 5.71. The lowest BCUT2D eigenvalue weighted by molar-refractivity contribution is 0.00695.